The number of carbonyl (C=O) groups excluding carboxylic acids is 2. The molecule has 0 saturated heterocycles. The first-order valence-electron chi connectivity index (χ1n) is 10.4. The Labute approximate surface area is 188 Å². The van der Waals surface area contributed by atoms with Crippen molar-refractivity contribution in [3.05, 3.63) is 137 Å². The van der Waals surface area contributed by atoms with Gasteiger partial charge in [0.05, 0.1) is 0 Å². The van der Waals surface area contributed by atoms with E-state index in [4.69, 9.17) is 0 Å². The Kier molecular flexibility index (Phi) is 6.38. The summed E-state index contributed by atoms with van der Waals surface area (Å²) in [6.45, 7) is 1.99. The van der Waals surface area contributed by atoms with E-state index in [9.17, 15) is 9.59 Å². The number of rotatable bonds is 7. The average molecular weight is 418 g/mol. The fraction of sp³-hybridized carbons (Fsp3) is 0.0345. The molecule has 0 atom stereocenters. The number of carbonyl (C=O) groups is 2. The lowest BCUT2D eigenvalue weighted by molar-refractivity contribution is 0.111. The van der Waals surface area contributed by atoms with Gasteiger partial charge in [-0.15, -0.1) is 0 Å². The molecule has 0 aliphatic heterocycles. The zero-order valence-corrected chi connectivity index (χ0v) is 17.8. The van der Waals surface area contributed by atoms with E-state index < -0.39 is 0 Å². The molecule has 0 unspecified atom stereocenters. The van der Waals surface area contributed by atoms with Crippen LogP contribution in [0, 0.1) is 6.92 Å². The van der Waals surface area contributed by atoms with Crippen molar-refractivity contribution < 1.29 is 9.59 Å². The molecule has 4 aromatic carbocycles. The van der Waals surface area contributed by atoms with Crippen LogP contribution in [0.15, 0.2) is 109 Å². The summed E-state index contributed by atoms with van der Waals surface area (Å²) in [4.78, 5) is 24.5. The van der Waals surface area contributed by atoms with Gasteiger partial charge in [0, 0.05) is 34.3 Å². The molecule has 0 bridgehead atoms. The van der Waals surface area contributed by atoms with Crippen LogP contribution in [0.25, 0.3) is 5.57 Å². The van der Waals surface area contributed by atoms with Crippen LogP contribution < -0.4 is 4.90 Å². The van der Waals surface area contributed by atoms with Crippen LogP contribution in [-0.4, -0.2) is 12.6 Å². The number of benzene rings is 4. The molecule has 3 heteroatoms. The summed E-state index contributed by atoms with van der Waals surface area (Å²) in [5.41, 5.74) is 7.36. The standard InChI is InChI=1S/C29H23NO2/c1-22-18-24(21-32)14-17-29(22)30(27-15-12-23(20-31)13-16-27)19-28(25-8-4-2-5-9-25)26-10-6-3-7-11-26/h2-21H,1H3. The average Bonchev–Trinajstić information content (AvgIpc) is 2.86. The van der Waals surface area contributed by atoms with Crippen LogP contribution in [0.4, 0.5) is 11.4 Å². The van der Waals surface area contributed by atoms with Crippen LogP contribution in [0.5, 0.6) is 0 Å². The highest BCUT2D eigenvalue weighted by molar-refractivity contribution is 5.86. The molecule has 0 N–H and O–H groups in total. The molecule has 0 saturated carbocycles. The highest BCUT2D eigenvalue weighted by atomic mass is 16.1. The van der Waals surface area contributed by atoms with Gasteiger partial charge in [0.15, 0.2) is 0 Å². The second-order valence-corrected chi connectivity index (χ2v) is 7.52. The molecule has 0 fully saturated rings. The fourth-order valence-electron chi connectivity index (χ4n) is 3.70. The topological polar surface area (TPSA) is 37.4 Å². The van der Waals surface area contributed by atoms with Crippen LogP contribution >= 0.6 is 0 Å². The first-order chi connectivity index (χ1) is 15.7. The summed E-state index contributed by atoms with van der Waals surface area (Å²) in [5, 5.41) is 0. The van der Waals surface area contributed by atoms with E-state index in [1.807, 2.05) is 85.8 Å². The second-order valence-electron chi connectivity index (χ2n) is 7.52. The van der Waals surface area contributed by atoms with Crippen LogP contribution in [0.2, 0.25) is 0 Å². The van der Waals surface area contributed by atoms with E-state index in [1.54, 1.807) is 0 Å². The van der Waals surface area contributed by atoms with Gasteiger partial charge < -0.3 is 4.90 Å². The summed E-state index contributed by atoms with van der Waals surface area (Å²) in [6, 6.07) is 33.6. The summed E-state index contributed by atoms with van der Waals surface area (Å²) < 4.78 is 0. The van der Waals surface area contributed by atoms with E-state index in [-0.39, 0.29) is 0 Å². The smallest absolute Gasteiger partial charge is 0.150 e. The predicted octanol–water partition coefficient (Wildman–Crippen LogP) is 6.85. The maximum absolute atomic E-state index is 11.3. The van der Waals surface area contributed by atoms with Crippen molar-refractivity contribution in [1.29, 1.82) is 0 Å². The highest BCUT2D eigenvalue weighted by Crippen LogP contribution is 2.33. The van der Waals surface area contributed by atoms with Crippen LogP contribution in [0.3, 0.4) is 0 Å². The molecule has 0 amide bonds. The Bertz CT molecular complexity index is 1200. The molecular weight excluding hydrogens is 394 g/mol. The van der Waals surface area contributed by atoms with Crippen molar-refractivity contribution in [3.8, 4) is 0 Å². The van der Waals surface area contributed by atoms with Crippen molar-refractivity contribution in [1.82, 2.24) is 0 Å². The fourth-order valence-corrected chi connectivity index (χ4v) is 3.70. The van der Waals surface area contributed by atoms with Crippen molar-refractivity contribution in [2.45, 2.75) is 6.92 Å². The Balaban J connectivity index is 1.93. The maximum Gasteiger partial charge on any atom is 0.150 e. The number of anilines is 2. The van der Waals surface area contributed by atoms with Crippen molar-refractivity contribution in [3.63, 3.8) is 0 Å². The number of nitrogens with zero attached hydrogens (tertiary/aromatic N) is 1. The van der Waals surface area contributed by atoms with E-state index in [0.29, 0.717) is 11.1 Å². The Morgan fingerprint density at radius 2 is 1.19 bits per heavy atom. The zero-order chi connectivity index (χ0) is 22.3. The molecular formula is C29H23NO2. The molecule has 0 spiro atoms. The van der Waals surface area contributed by atoms with Gasteiger partial charge in [-0.3, -0.25) is 9.59 Å². The molecule has 0 radical (unpaired) electrons. The summed E-state index contributed by atoms with van der Waals surface area (Å²) in [5.74, 6) is 0. The number of aryl methyl sites for hydroxylation is 1. The molecule has 3 nitrogen and oxygen atoms in total. The molecule has 4 rings (SSSR count). The molecule has 0 aliphatic carbocycles. The third kappa shape index (κ3) is 4.57. The third-order valence-electron chi connectivity index (χ3n) is 5.35. The number of hydrogen-bond acceptors (Lipinski definition) is 3. The third-order valence-corrected chi connectivity index (χ3v) is 5.35. The highest BCUT2D eigenvalue weighted by Gasteiger charge is 2.14. The summed E-state index contributed by atoms with van der Waals surface area (Å²) in [6.07, 6.45) is 3.81. The largest absolute Gasteiger partial charge is 0.316 e. The number of hydrogen-bond donors (Lipinski definition) is 0. The van der Waals surface area contributed by atoms with Gasteiger partial charge in [-0.25, -0.2) is 0 Å². The normalized spacial score (nSPS) is 10.3. The Hall–Kier alpha value is -4.24. The Morgan fingerprint density at radius 1 is 0.656 bits per heavy atom. The minimum absolute atomic E-state index is 0.622. The number of aldehydes is 2. The first-order valence-corrected chi connectivity index (χ1v) is 10.4. The van der Waals surface area contributed by atoms with Crippen LogP contribution in [-0.2, 0) is 0 Å². The molecule has 0 heterocycles. The lowest BCUT2D eigenvalue weighted by atomic mass is 9.98. The van der Waals surface area contributed by atoms with E-state index in [2.05, 4.69) is 35.4 Å². The van der Waals surface area contributed by atoms with E-state index in [1.165, 1.54) is 0 Å². The van der Waals surface area contributed by atoms with Gasteiger partial charge in [0.2, 0.25) is 0 Å². The Morgan fingerprint density at radius 3 is 1.69 bits per heavy atom. The minimum atomic E-state index is 0.622. The van der Waals surface area contributed by atoms with Crippen molar-refractivity contribution in [2.24, 2.45) is 0 Å². The molecule has 0 aliphatic rings. The first kappa shape index (κ1) is 21.0. The lowest BCUT2D eigenvalue weighted by Gasteiger charge is -2.25. The van der Waals surface area contributed by atoms with Gasteiger partial charge in [0.1, 0.15) is 12.6 Å². The molecule has 156 valence electrons. The zero-order valence-electron chi connectivity index (χ0n) is 17.8. The minimum Gasteiger partial charge on any atom is -0.316 e. The van der Waals surface area contributed by atoms with Gasteiger partial charge >= 0.3 is 0 Å². The van der Waals surface area contributed by atoms with E-state index in [0.717, 1.165) is 46.2 Å². The molecule has 4 aromatic rings. The predicted molar refractivity (Wildman–Crippen MR) is 130 cm³/mol. The van der Waals surface area contributed by atoms with E-state index >= 15 is 0 Å². The van der Waals surface area contributed by atoms with Gasteiger partial charge in [0.25, 0.3) is 0 Å². The van der Waals surface area contributed by atoms with Crippen molar-refractivity contribution >= 4 is 29.5 Å². The van der Waals surface area contributed by atoms with Gasteiger partial charge in [-0.1, -0.05) is 60.7 Å². The SMILES string of the molecule is Cc1cc(C=O)ccc1N(C=C(c1ccccc1)c1ccccc1)c1ccc(C=O)cc1. The monoisotopic (exact) mass is 417 g/mol. The second kappa shape index (κ2) is 9.71. The van der Waals surface area contributed by atoms with Crippen molar-refractivity contribution in [2.75, 3.05) is 4.90 Å². The van der Waals surface area contributed by atoms with Gasteiger partial charge in [-0.05, 0) is 66.1 Å². The molecule has 0 aromatic heterocycles. The van der Waals surface area contributed by atoms with Crippen LogP contribution in [0.1, 0.15) is 37.4 Å². The quantitative estimate of drug-likeness (QED) is 0.309. The van der Waals surface area contributed by atoms with Gasteiger partial charge in [-0.2, -0.15) is 0 Å². The summed E-state index contributed by atoms with van der Waals surface area (Å²) >= 11 is 0. The summed E-state index contributed by atoms with van der Waals surface area (Å²) in [7, 11) is 0. The molecule has 32 heavy (non-hydrogen) atoms. The maximum atomic E-state index is 11.3. The lowest BCUT2D eigenvalue weighted by Crippen LogP contribution is -2.12.